The van der Waals surface area contributed by atoms with E-state index >= 15 is 0 Å². The number of hydrogen-bond donors (Lipinski definition) is 1. The molecule has 20 heavy (non-hydrogen) atoms. The van der Waals surface area contributed by atoms with Gasteiger partial charge in [0, 0.05) is 13.1 Å². The van der Waals surface area contributed by atoms with Crippen LogP contribution in [-0.2, 0) is 14.6 Å². The molecule has 1 aromatic carbocycles. The molecule has 5 nitrogen and oxygen atoms in total. The zero-order chi connectivity index (χ0) is 14.8. The lowest BCUT2D eigenvalue weighted by Crippen LogP contribution is -2.45. The number of hydrogen-bond acceptors (Lipinski definition) is 5. The Balaban J connectivity index is 2.17. The van der Waals surface area contributed by atoms with E-state index in [4.69, 9.17) is 10.5 Å². The summed E-state index contributed by atoms with van der Waals surface area (Å²) in [6, 6.07) is 5.10. The van der Waals surface area contributed by atoms with E-state index in [0.29, 0.717) is 18.8 Å². The normalized spacial score (nSPS) is 21.0. The van der Waals surface area contributed by atoms with E-state index in [-0.39, 0.29) is 16.8 Å². The Morgan fingerprint density at radius 3 is 2.90 bits per heavy atom. The van der Waals surface area contributed by atoms with E-state index in [9.17, 15) is 8.42 Å². The molecule has 0 spiro atoms. The molecule has 0 bridgehead atoms. The number of morpholine rings is 1. The second kappa shape index (κ2) is 6.11. The third-order valence-corrected chi connectivity index (χ3v) is 5.53. The van der Waals surface area contributed by atoms with Crippen LogP contribution < -0.4 is 5.73 Å². The third kappa shape index (κ3) is 3.31. The van der Waals surface area contributed by atoms with Crippen LogP contribution in [0.3, 0.4) is 0 Å². The SMILES string of the molecule is CCN1CCOC(CS(=O)(=O)c2cccc(C)c2N)C1. The molecule has 1 aliphatic rings. The van der Waals surface area contributed by atoms with Crippen LogP contribution in [0, 0.1) is 6.92 Å². The van der Waals surface area contributed by atoms with Gasteiger partial charge in [-0.2, -0.15) is 0 Å². The van der Waals surface area contributed by atoms with Crippen molar-refractivity contribution in [2.75, 3.05) is 37.7 Å². The van der Waals surface area contributed by atoms with Crippen LogP contribution >= 0.6 is 0 Å². The second-order valence-electron chi connectivity index (χ2n) is 5.15. The number of ether oxygens (including phenoxy) is 1. The monoisotopic (exact) mass is 298 g/mol. The molecule has 0 aromatic heterocycles. The van der Waals surface area contributed by atoms with Gasteiger partial charge < -0.3 is 10.5 Å². The third-order valence-electron chi connectivity index (χ3n) is 3.69. The first kappa shape index (κ1) is 15.3. The number of sulfone groups is 1. The van der Waals surface area contributed by atoms with Crippen LogP contribution in [0.25, 0.3) is 0 Å². The summed E-state index contributed by atoms with van der Waals surface area (Å²) in [5.74, 6) is -0.0167. The van der Waals surface area contributed by atoms with Gasteiger partial charge in [-0.1, -0.05) is 19.1 Å². The van der Waals surface area contributed by atoms with Gasteiger partial charge in [0.1, 0.15) is 0 Å². The van der Waals surface area contributed by atoms with Crippen LogP contribution in [0.15, 0.2) is 23.1 Å². The summed E-state index contributed by atoms with van der Waals surface area (Å²) in [7, 11) is -3.42. The van der Waals surface area contributed by atoms with Crippen molar-refractivity contribution >= 4 is 15.5 Å². The van der Waals surface area contributed by atoms with Gasteiger partial charge in [0.05, 0.1) is 29.0 Å². The van der Waals surface area contributed by atoms with Crippen molar-refractivity contribution in [3.63, 3.8) is 0 Å². The smallest absolute Gasteiger partial charge is 0.183 e. The lowest BCUT2D eigenvalue weighted by molar-refractivity contribution is -0.0145. The first-order valence-electron chi connectivity index (χ1n) is 6.86. The Morgan fingerprint density at radius 2 is 2.20 bits per heavy atom. The number of likely N-dealkylation sites (N-methyl/N-ethyl adjacent to an activating group) is 1. The van der Waals surface area contributed by atoms with Crippen molar-refractivity contribution in [1.82, 2.24) is 4.90 Å². The van der Waals surface area contributed by atoms with E-state index in [1.54, 1.807) is 12.1 Å². The van der Waals surface area contributed by atoms with Crippen molar-refractivity contribution in [3.05, 3.63) is 23.8 Å². The number of nitrogen functional groups attached to an aromatic ring is 1. The fourth-order valence-corrected chi connectivity index (χ4v) is 4.08. The molecule has 1 heterocycles. The number of anilines is 1. The average molecular weight is 298 g/mol. The lowest BCUT2D eigenvalue weighted by atomic mass is 10.2. The van der Waals surface area contributed by atoms with E-state index in [1.807, 2.05) is 13.0 Å². The Bertz CT molecular complexity index is 572. The maximum Gasteiger partial charge on any atom is 0.183 e. The minimum Gasteiger partial charge on any atom is -0.397 e. The molecule has 1 saturated heterocycles. The molecule has 0 aliphatic carbocycles. The summed E-state index contributed by atoms with van der Waals surface area (Å²) < 4.78 is 30.6. The summed E-state index contributed by atoms with van der Waals surface area (Å²) in [6.45, 7) is 6.88. The predicted octanol–water partition coefficient (Wildman–Crippen LogP) is 1.07. The number of nitrogens with zero attached hydrogens (tertiary/aromatic N) is 1. The molecule has 0 amide bonds. The van der Waals surface area contributed by atoms with Crippen LogP contribution in [0.2, 0.25) is 0 Å². The van der Waals surface area contributed by atoms with E-state index in [0.717, 1.165) is 18.7 Å². The summed E-state index contributed by atoms with van der Waals surface area (Å²) in [5.41, 5.74) is 7.02. The van der Waals surface area contributed by atoms with Gasteiger partial charge in [-0.15, -0.1) is 0 Å². The largest absolute Gasteiger partial charge is 0.397 e. The molecular weight excluding hydrogens is 276 g/mol. The van der Waals surface area contributed by atoms with Crippen molar-refractivity contribution in [1.29, 1.82) is 0 Å². The van der Waals surface area contributed by atoms with Crippen LogP contribution in [0.5, 0.6) is 0 Å². The summed E-state index contributed by atoms with van der Waals surface area (Å²) in [6.07, 6.45) is -0.284. The molecule has 1 aliphatic heterocycles. The number of rotatable bonds is 4. The molecule has 1 aromatic rings. The molecule has 6 heteroatoms. The van der Waals surface area contributed by atoms with Crippen LogP contribution in [-0.4, -0.2) is 51.4 Å². The van der Waals surface area contributed by atoms with E-state index in [1.165, 1.54) is 0 Å². The molecule has 1 unspecified atom stereocenters. The molecule has 112 valence electrons. The number of nitrogens with two attached hydrogens (primary N) is 1. The summed E-state index contributed by atoms with van der Waals surface area (Å²) in [4.78, 5) is 2.42. The van der Waals surface area contributed by atoms with Gasteiger partial charge in [-0.3, -0.25) is 4.90 Å². The summed E-state index contributed by atoms with van der Waals surface area (Å²) in [5, 5.41) is 0. The van der Waals surface area contributed by atoms with Gasteiger partial charge in [0.25, 0.3) is 0 Å². The van der Waals surface area contributed by atoms with Gasteiger partial charge in [0.2, 0.25) is 0 Å². The van der Waals surface area contributed by atoms with Crippen molar-refractivity contribution in [2.45, 2.75) is 24.8 Å². The quantitative estimate of drug-likeness (QED) is 0.842. The number of benzene rings is 1. The molecule has 0 radical (unpaired) electrons. The van der Waals surface area contributed by atoms with Crippen molar-refractivity contribution < 1.29 is 13.2 Å². The highest BCUT2D eigenvalue weighted by Gasteiger charge is 2.27. The minimum absolute atomic E-state index is 0.0167. The van der Waals surface area contributed by atoms with Gasteiger partial charge in [0.15, 0.2) is 9.84 Å². The van der Waals surface area contributed by atoms with Gasteiger partial charge in [-0.05, 0) is 25.1 Å². The molecular formula is C14H22N2O3S. The Labute approximate surface area is 120 Å². The molecule has 1 atom stereocenters. The Kier molecular flexibility index (Phi) is 4.67. The standard InChI is InChI=1S/C14H22N2O3S/c1-3-16-7-8-19-12(9-16)10-20(17,18)13-6-4-5-11(2)14(13)15/h4-6,12H,3,7-10,15H2,1-2H3. The predicted molar refractivity (Wildman–Crippen MR) is 79.5 cm³/mol. The zero-order valence-corrected chi connectivity index (χ0v) is 12.8. The van der Waals surface area contributed by atoms with Crippen LogP contribution in [0.4, 0.5) is 5.69 Å². The first-order chi connectivity index (χ1) is 9.44. The van der Waals surface area contributed by atoms with E-state index < -0.39 is 9.84 Å². The minimum atomic E-state index is -3.42. The van der Waals surface area contributed by atoms with E-state index in [2.05, 4.69) is 11.8 Å². The van der Waals surface area contributed by atoms with Crippen molar-refractivity contribution in [2.24, 2.45) is 0 Å². The van der Waals surface area contributed by atoms with Gasteiger partial charge >= 0.3 is 0 Å². The number of para-hydroxylation sites is 1. The highest BCUT2D eigenvalue weighted by molar-refractivity contribution is 7.91. The van der Waals surface area contributed by atoms with Crippen LogP contribution in [0.1, 0.15) is 12.5 Å². The average Bonchev–Trinajstić information content (AvgIpc) is 2.41. The Morgan fingerprint density at radius 1 is 1.45 bits per heavy atom. The lowest BCUT2D eigenvalue weighted by Gasteiger charge is -2.31. The highest BCUT2D eigenvalue weighted by Crippen LogP contribution is 2.24. The number of aryl methyl sites for hydroxylation is 1. The second-order valence-corrected chi connectivity index (χ2v) is 7.16. The zero-order valence-electron chi connectivity index (χ0n) is 12.0. The topological polar surface area (TPSA) is 72.6 Å². The fourth-order valence-electron chi connectivity index (χ4n) is 2.43. The molecule has 2 rings (SSSR count). The maximum atomic E-state index is 12.5. The maximum absolute atomic E-state index is 12.5. The molecule has 1 fully saturated rings. The first-order valence-corrected chi connectivity index (χ1v) is 8.51. The van der Waals surface area contributed by atoms with Crippen molar-refractivity contribution in [3.8, 4) is 0 Å². The Hall–Kier alpha value is -1.11. The molecule has 2 N–H and O–H groups in total. The highest BCUT2D eigenvalue weighted by atomic mass is 32.2. The summed E-state index contributed by atoms with van der Waals surface area (Å²) >= 11 is 0. The van der Waals surface area contributed by atoms with Gasteiger partial charge in [-0.25, -0.2) is 8.42 Å². The molecule has 0 saturated carbocycles. The fraction of sp³-hybridized carbons (Fsp3) is 0.571.